The number of carbonyl (C=O) groups is 1. The monoisotopic (exact) mass is 604 g/mol. The van der Waals surface area contributed by atoms with Gasteiger partial charge in [0.2, 0.25) is 5.91 Å². The van der Waals surface area contributed by atoms with Gasteiger partial charge in [-0.15, -0.1) is 11.8 Å². The predicted octanol–water partition coefficient (Wildman–Crippen LogP) is 6.28. The SMILES string of the molecule is CC(=O)Nc1ccc(SC[C@H]2C[C@@H](c3ccc(CO)cc3)O[C@@H](c3cccc(NS(=O)(=O)c4ccccc4)c3)O2)cc1. The zero-order valence-electron chi connectivity index (χ0n) is 23.0. The Morgan fingerprint density at radius 3 is 2.31 bits per heavy atom. The minimum Gasteiger partial charge on any atom is -0.392 e. The summed E-state index contributed by atoms with van der Waals surface area (Å²) in [5, 5.41) is 12.2. The van der Waals surface area contributed by atoms with E-state index in [1.807, 2.05) is 54.6 Å². The molecule has 8 nitrogen and oxygen atoms in total. The number of aliphatic hydroxyl groups excluding tert-OH is 1. The molecule has 0 bridgehead atoms. The number of thioether (sulfide) groups is 1. The van der Waals surface area contributed by atoms with Crippen LogP contribution in [-0.4, -0.2) is 31.3 Å². The van der Waals surface area contributed by atoms with Gasteiger partial charge in [-0.1, -0.05) is 54.6 Å². The molecule has 0 radical (unpaired) electrons. The van der Waals surface area contributed by atoms with Crippen LogP contribution < -0.4 is 10.0 Å². The standard InChI is InChI=1S/C32H32N2O6S2/c1-22(36)33-26-14-16-29(17-15-26)41-21-28-19-31(24-12-10-23(20-35)11-13-24)40-32(39-28)25-6-5-7-27(18-25)34-42(37,38)30-8-3-2-4-9-30/h2-18,28,31-32,34-35H,19-21H2,1H3,(H,33,36)/t28-,31+,32+/m1/s1. The van der Waals surface area contributed by atoms with Crippen LogP contribution in [0, 0.1) is 0 Å². The van der Waals surface area contributed by atoms with Gasteiger partial charge in [0.1, 0.15) is 0 Å². The van der Waals surface area contributed by atoms with Gasteiger partial charge < -0.3 is 19.9 Å². The molecular weight excluding hydrogens is 572 g/mol. The molecule has 218 valence electrons. The lowest BCUT2D eigenvalue weighted by Gasteiger charge is -2.36. The summed E-state index contributed by atoms with van der Waals surface area (Å²) in [6.07, 6.45) is -0.549. The van der Waals surface area contributed by atoms with Crippen LogP contribution in [-0.2, 0) is 30.9 Å². The second-order valence-electron chi connectivity index (χ2n) is 9.91. The molecule has 1 amide bonds. The number of nitrogens with one attached hydrogen (secondary N) is 2. The molecule has 1 aliphatic rings. The molecule has 4 aromatic rings. The highest BCUT2D eigenvalue weighted by Gasteiger charge is 2.32. The second kappa shape index (κ2) is 13.5. The zero-order valence-corrected chi connectivity index (χ0v) is 24.6. The zero-order chi connectivity index (χ0) is 29.5. The second-order valence-corrected chi connectivity index (χ2v) is 12.7. The summed E-state index contributed by atoms with van der Waals surface area (Å²) in [6, 6.07) is 30.6. The Kier molecular flexibility index (Phi) is 9.61. The first kappa shape index (κ1) is 29.8. The third kappa shape index (κ3) is 7.78. The van der Waals surface area contributed by atoms with Gasteiger partial charge in [0.25, 0.3) is 10.0 Å². The number of hydrogen-bond donors (Lipinski definition) is 3. The molecule has 0 unspecified atom stereocenters. The van der Waals surface area contributed by atoms with Crippen molar-refractivity contribution in [1.82, 2.24) is 0 Å². The van der Waals surface area contributed by atoms with E-state index >= 15 is 0 Å². The summed E-state index contributed by atoms with van der Waals surface area (Å²) in [6.45, 7) is 1.44. The third-order valence-corrected chi connectivity index (χ3v) is 9.23. The fourth-order valence-electron chi connectivity index (χ4n) is 4.61. The number of hydrogen-bond acceptors (Lipinski definition) is 7. The van der Waals surface area contributed by atoms with Crippen LogP contribution in [0.15, 0.2) is 113 Å². The fourth-order valence-corrected chi connectivity index (χ4v) is 6.60. The molecule has 4 aromatic carbocycles. The number of aliphatic hydroxyl groups is 1. The van der Waals surface area contributed by atoms with Crippen molar-refractivity contribution in [2.75, 3.05) is 15.8 Å². The molecule has 5 rings (SSSR count). The first-order chi connectivity index (χ1) is 20.3. The van der Waals surface area contributed by atoms with Gasteiger partial charge in [0.15, 0.2) is 6.29 Å². The molecule has 1 heterocycles. The number of anilines is 2. The van der Waals surface area contributed by atoms with Gasteiger partial charge in [-0.05, 0) is 59.7 Å². The van der Waals surface area contributed by atoms with E-state index in [0.29, 0.717) is 23.4 Å². The van der Waals surface area contributed by atoms with Crippen LogP contribution in [0.2, 0.25) is 0 Å². The lowest BCUT2D eigenvalue weighted by Crippen LogP contribution is -2.31. The van der Waals surface area contributed by atoms with E-state index in [4.69, 9.17) is 9.47 Å². The average molecular weight is 605 g/mol. The van der Waals surface area contributed by atoms with Crippen LogP contribution in [0.3, 0.4) is 0 Å². The van der Waals surface area contributed by atoms with Crippen molar-refractivity contribution in [2.45, 2.75) is 48.2 Å². The van der Waals surface area contributed by atoms with Crippen LogP contribution >= 0.6 is 11.8 Å². The minimum atomic E-state index is -3.76. The molecule has 1 fully saturated rings. The average Bonchev–Trinajstić information content (AvgIpc) is 3.01. The van der Waals surface area contributed by atoms with Crippen molar-refractivity contribution in [1.29, 1.82) is 0 Å². The number of carbonyl (C=O) groups excluding carboxylic acids is 1. The van der Waals surface area contributed by atoms with Crippen molar-refractivity contribution >= 4 is 39.1 Å². The first-order valence-electron chi connectivity index (χ1n) is 13.5. The van der Waals surface area contributed by atoms with Gasteiger partial charge in [0, 0.05) is 40.9 Å². The topological polar surface area (TPSA) is 114 Å². The van der Waals surface area contributed by atoms with Crippen LogP contribution in [0.25, 0.3) is 0 Å². The molecule has 0 saturated carbocycles. The lowest BCUT2D eigenvalue weighted by molar-refractivity contribution is -0.245. The fraction of sp³-hybridized carbons (Fsp3) is 0.219. The molecule has 10 heteroatoms. The summed E-state index contributed by atoms with van der Waals surface area (Å²) >= 11 is 1.65. The van der Waals surface area contributed by atoms with Gasteiger partial charge in [-0.2, -0.15) is 0 Å². The van der Waals surface area contributed by atoms with E-state index in [0.717, 1.165) is 21.7 Å². The van der Waals surface area contributed by atoms with E-state index < -0.39 is 16.3 Å². The van der Waals surface area contributed by atoms with E-state index in [1.165, 1.54) is 6.92 Å². The highest BCUT2D eigenvalue weighted by molar-refractivity contribution is 7.99. The van der Waals surface area contributed by atoms with Crippen LogP contribution in [0.4, 0.5) is 11.4 Å². The van der Waals surface area contributed by atoms with Crippen LogP contribution in [0.1, 0.15) is 42.4 Å². The highest BCUT2D eigenvalue weighted by Crippen LogP contribution is 2.40. The quantitative estimate of drug-likeness (QED) is 0.183. The summed E-state index contributed by atoms with van der Waals surface area (Å²) in [7, 11) is -3.76. The predicted molar refractivity (Wildman–Crippen MR) is 164 cm³/mol. The smallest absolute Gasteiger partial charge is 0.261 e. The molecule has 0 spiro atoms. The molecule has 0 aromatic heterocycles. The number of benzene rings is 4. The maximum Gasteiger partial charge on any atom is 0.261 e. The van der Waals surface area contributed by atoms with Gasteiger partial charge in [-0.3, -0.25) is 9.52 Å². The van der Waals surface area contributed by atoms with E-state index in [-0.39, 0.29) is 29.6 Å². The van der Waals surface area contributed by atoms with Crippen molar-refractivity contribution in [2.24, 2.45) is 0 Å². The Balaban J connectivity index is 1.34. The summed E-state index contributed by atoms with van der Waals surface area (Å²) in [4.78, 5) is 12.5. The molecule has 0 aliphatic carbocycles. The summed E-state index contributed by atoms with van der Waals surface area (Å²) < 4.78 is 41.3. The Hall–Kier alpha value is -3.67. The van der Waals surface area contributed by atoms with E-state index in [9.17, 15) is 18.3 Å². The number of ether oxygens (including phenoxy) is 2. The van der Waals surface area contributed by atoms with Gasteiger partial charge >= 0.3 is 0 Å². The van der Waals surface area contributed by atoms with Gasteiger partial charge in [0.05, 0.1) is 23.7 Å². The van der Waals surface area contributed by atoms with E-state index in [1.54, 1.807) is 60.3 Å². The largest absolute Gasteiger partial charge is 0.392 e. The van der Waals surface area contributed by atoms with Crippen molar-refractivity contribution in [3.8, 4) is 0 Å². The Labute approximate surface area is 250 Å². The molecule has 1 aliphatic heterocycles. The van der Waals surface area contributed by atoms with E-state index in [2.05, 4.69) is 10.0 Å². The Morgan fingerprint density at radius 2 is 1.62 bits per heavy atom. The molecular formula is C32H32N2O6S2. The first-order valence-corrected chi connectivity index (χ1v) is 15.9. The Bertz CT molecular complexity index is 1600. The lowest BCUT2D eigenvalue weighted by atomic mass is 10.0. The molecule has 3 N–H and O–H groups in total. The van der Waals surface area contributed by atoms with Crippen molar-refractivity contribution in [3.63, 3.8) is 0 Å². The minimum absolute atomic E-state index is 0.0385. The number of sulfonamides is 1. The highest BCUT2D eigenvalue weighted by atomic mass is 32.2. The Morgan fingerprint density at radius 1 is 0.881 bits per heavy atom. The normalized spacial score (nSPS) is 18.8. The maximum atomic E-state index is 12.9. The third-order valence-electron chi connectivity index (χ3n) is 6.69. The van der Waals surface area contributed by atoms with Gasteiger partial charge in [-0.25, -0.2) is 8.42 Å². The molecule has 42 heavy (non-hydrogen) atoms. The molecule has 1 saturated heterocycles. The number of rotatable bonds is 10. The van der Waals surface area contributed by atoms with Crippen molar-refractivity contribution in [3.05, 3.63) is 120 Å². The van der Waals surface area contributed by atoms with Crippen molar-refractivity contribution < 1.29 is 27.8 Å². The number of amides is 1. The summed E-state index contributed by atoms with van der Waals surface area (Å²) in [5.74, 6) is 0.539. The summed E-state index contributed by atoms with van der Waals surface area (Å²) in [5.41, 5.74) is 3.62. The maximum absolute atomic E-state index is 12.9. The van der Waals surface area contributed by atoms with Crippen LogP contribution in [0.5, 0.6) is 0 Å². The molecule has 3 atom stereocenters.